The van der Waals surface area contributed by atoms with Gasteiger partial charge in [0, 0.05) is 36.7 Å². The van der Waals surface area contributed by atoms with E-state index in [0.717, 1.165) is 43.5 Å². The highest BCUT2D eigenvalue weighted by atomic mass is 16.4. The van der Waals surface area contributed by atoms with Crippen LogP contribution in [0.15, 0.2) is 46.3 Å². The van der Waals surface area contributed by atoms with Gasteiger partial charge in [0.15, 0.2) is 5.76 Å². The SMILES string of the molecule is C=Cc1nc(-c2ccc(C3=NC(C)(C)C(=O)N3CC3CCN(C(=O)C4CC4)C3)cc2)oc1/C=C\C. The molecule has 3 aliphatic rings. The largest absolute Gasteiger partial charge is 0.436 e. The Morgan fingerprint density at radius 2 is 1.91 bits per heavy atom. The second-order valence-corrected chi connectivity index (χ2v) is 10.2. The highest BCUT2D eigenvalue weighted by Crippen LogP contribution is 2.34. The molecule has 2 amide bonds. The first-order valence-corrected chi connectivity index (χ1v) is 12.4. The van der Waals surface area contributed by atoms with Gasteiger partial charge in [0.2, 0.25) is 11.8 Å². The molecule has 182 valence electrons. The third-order valence-corrected chi connectivity index (χ3v) is 6.96. The molecule has 2 aromatic rings. The topological polar surface area (TPSA) is 79.0 Å². The second kappa shape index (κ2) is 8.95. The molecule has 1 saturated heterocycles. The molecule has 1 aromatic carbocycles. The smallest absolute Gasteiger partial charge is 0.255 e. The average molecular weight is 473 g/mol. The lowest BCUT2D eigenvalue weighted by atomic mass is 10.0. The Hall–Kier alpha value is -3.48. The molecular formula is C28H32N4O3. The lowest BCUT2D eigenvalue weighted by Crippen LogP contribution is -2.42. The van der Waals surface area contributed by atoms with Crippen molar-refractivity contribution in [2.24, 2.45) is 16.8 Å². The van der Waals surface area contributed by atoms with E-state index in [1.807, 2.05) is 67.0 Å². The van der Waals surface area contributed by atoms with Crippen molar-refractivity contribution in [1.29, 1.82) is 0 Å². The van der Waals surface area contributed by atoms with Crippen molar-refractivity contribution in [3.8, 4) is 11.5 Å². The van der Waals surface area contributed by atoms with E-state index >= 15 is 0 Å². The summed E-state index contributed by atoms with van der Waals surface area (Å²) < 4.78 is 5.91. The van der Waals surface area contributed by atoms with E-state index < -0.39 is 5.54 Å². The minimum atomic E-state index is -0.807. The van der Waals surface area contributed by atoms with E-state index in [9.17, 15) is 9.59 Å². The Bertz CT molecular complexity index is 1220. The van der Waals surface area contributed by atoms with Crippen LogP contribution in [0.1, 0.15) is 57.1 Å². The Kier molecular flexibility index (Phi) is 5.95. The Morgan fingerprint density at radius 1 is 1.20 bits per heavy atom. The number of allylic oxidation sites excluding steroid dienone is 1. The Balaban J connectivity index is 1.35. The summed E-state index contributed by atoms with van der Waals surface area (Å²) in [7, 11) is 0. The van der Waals surface area contributed by atoms with Crippen molar-refractivity contribution in [3.63, 3.8) is 0 Å². The van der Waals surface area contributed by atoms with Crippen molar-refractivity contribution in [2.75, 3.05) is 19.6 Å². The summed E-state index contributed by atoms with van der Waals surface area (Å²) in [5.74, 6) is 2.66. The summed E-state index contributed by atoms with van der Waals surface area (Å²) in [5.41, 5.74) is 1.61. The number of rotatable bonds is 7. The van der Waals surface area contributed by atoms with Crippen LogP contribution in [-0.2, 0) is 9.59 Å². The van der Waals surface area contributed by atoms with Gasteiger partial charge in [-0.05, 0) is 70.2 Å². The standard InChI is InChI=1S/C28H32N4O3/c1-5-7-23-22(6-2)29-25(35-23)20-10-8-19(9-11-20)24-30-28(3,4)27(34)32(24)17-18-14-15-31(16-18)26(33)21-12-13-21/h5-11,18,21H,2,12-17H2,1,3-4H3/b7-5-. The summed E-state index contributed by atoms with van der Waals surface area (Å²) in [6.45, 7) is 11.5. The van der Waals surface area contributed by atoms with Gasteiger partial charge in [-0.25, -0.2) is 4.98 Å². The molecule has 2 fully saturated rings. The minimum absolute atomic E-state index is 0.00265. The summed E-state index contributed by atoms with van der Waals surface area (Å²) in [6.07, 6.45) is 8.40. The molecule has 1 aromatic heterocycles. The number of carbonyl (C=O) groups is 2. The molecule has 7 heteroatoms. The predicted octanol–water partition coefficient (Wildman–Crippen LogP) is 4.64. The highest BCUT2D eigenvalue weighted by Gasteiger charge is 2.43. The van der Waals surface area contributed by atoms with Crippen LogP contribution >= 0.6 is 0 Å². The third-order valence-electron chi connectivity index (χ3n) is 6.96. The number of hydrogen-bond donors (Lipinski definition) is 0. The van der Waals surface area contributed by atoms with Crippen LogP contribution in [0.3, 0.4) is 0 Å². The number of likely N-dealkylation sites (tertiary alicyclic amines) is 1. The Labute approximate surface area is 206 Å². The van der Waals surface area contributed by atoms with Gasteiger partial charge in [0.1, 0.15) is 17.1 Å². The first-order chi connectivity index (χ1) is 16.8. The number of benzene rings is 1. The second-order valence-electron chi connectivity index (χ2n) is 10.2. The normalized spacial score (nSPS) is 21.7. The fourth-order valence-corrected chi connectivity index (χ4v) is 4.86. The zero-order chi connectivity index (χ0) is 24.7. The van der Waals surface area contributed by atoms with Crippen molar-refractivity contribution in [2.45, 2.75) is 45.6 Å². The van der Waals surface area contributed by atoms with E-state index in [2.05, 4.69) is 11.6 Å². The fraction of sp³-hybridized carbons (Fsp3) is 0.429. The van der Waals surface area contributed by atoms with Crippen LogP contribution in [0.5, 0.6) is 0 Å². The zero-order valence-corrected chi connectivity index (χ0v) is 20.7. The molecule has 5 rings (SSSR count). The van der Waals surface area contributed by atoms with Gasteiger partial charge in [-0.15, -0.1) is 0 Å². The van der Waals surface area contributed by atoms with Crippen molar-refractivity contribution >= 4 is 29.8 Å². The quantitative estimate of drug-likeness (QED) is 0.588. The van der Waals surface area contributed by atoms with Gasteiger partial charge < -0.3 is 9.32 Å². The molecule has 0 spiro atoms. The monoisotopic (exact) mass is 472 g/mol. The van der Waals surface area contributed by atoms with Crippen molar-refractivity contribution in [1.82, 2.24) is 14.8 Å². The van der Waals surface area contributed by atoms with E-state index in [4.69, 9.17) is 9.41 Å². The number of hydrogen-bond acceptors (Lipinski definition) is 5. The van der Waals surface area contributed by atoms with Crippen LogP contribution < -0.4 is 0 Å². The number of aromatic nitrogens is 1. The number of carbonyl (C=O) groups excluding carboxylic acids is 2. The van der Waals surface area contributed by atoms with E-state index in [0.29, 0.717) is 29.7 Å². The predicted molar refractivity (Wildman–Crippen MR) is 136 cm³/mol. The molecule has 0 radical (unpaired) electrons. The Morgan fingerprint density at radius 3 is 2.57 bits per heavy atom. The molecule has 0 N–H and O–H groups in total. The molecule has 3 heterocycles. The van der Waals surface area contributed by atoms with Crippen LogP contribution in [0, 0.1) is 11.8 Å². The van der Waals surface area contributed by atoms with Crippen LogP contribution in [0.25, 0.3) is 23.6 Å². The van der Waals surface area contributed by atoms with Gasteiger partial charge in [-0.1, -0.05) is 24.8 Å². The maximum atomic E-state index is 13.2. The maximum Gasteiger partial charge on any atom is 0.255 e. The number of oxazole rings is 1. The van der Waals surface area contributed by atoms with E-state index in [1.165, 1.54) is 0 Å². The summed E-state index contributed by atoms with van der Waals surface area (Å²) in [6, 6.07) is 7.80. The zero-order valence-electron chi connectivity index (χ0n) is 20.7. The van der Waals surface area contributed by atoms with Gasteiger partial charge >= 0.3 is 0 Å². The van der Waals surface area contributed by atoms with Gasteiger partial charge in [0.05, 0.1) is 0 Å². The molecular weight excluding hydrogens is 440 g/mol. The molecule has 1 saturated carbocycles. The van der Waals surface area contributed by atoms with E-state index in [1.54, 1.807) is 6.08 Å². The first-order valence-electron chi connectivity index (χ1n) is 12.4. The van der Waals surface area contributed by atoms with Gasteiger partial charge in [-0.3, -0.25) is 19.5 Å². The third kappa shape index (κ3) is 4.47. The van der Waals surface area contributed by atoms with Gasteiger partial charge in [-0.2, -0.15) is 0 Å². The fourth-order valence-electron chi connectivity index (χ4n) is 4.86. The number of aliphatic imine (C=N–C) groups is 1. The number of nitrogens with zero attached hydrogens (tertiary/aromatic N) is 4. The number of amidine groups is 1. The van der Waals surface area contributed by atoms with E-state index in [-0.39, 0.29) is 23.7 Å². The molecule has 35 heavy (non-hydrogen) atoms. The summed E-state index contributed by atoms with van der Waals surface area (Å²) >= 11 is 0. The van der Waals surface area contributed by atoms with Crippen LogP contribution in [-0.4, -0.2) is 57.6 Å². The summed E-state index contributed by atoms with van der Waals surface area (Å²) in [5, 5.41) is 0. The molecule has 1 unspecified atom stereocenters. The maximum absolute atomic E-state index is 13.2. The minimum Gasteiger partial charge on any atom is -0.436 e. The number of amides is 2. The molecule has 7 nitrogen and oxygen atoms in total. The van der Waals surface area contributed by atoms with Crippen molar-refractivity contribution in [3.05, 3.63) is 53.9 Å². The molecule has 0 bridgehead atoms. The van der Waals surface area contributed by atoms with Gasteiger partial charge in [0.25, 0.3) is 5.91 Å². The van der Waals surface area contributed by atoms with Crippen LogP contribution in [0.4, 0.5) is 0 Å². The first kappa shape index (κ1) is 23.3. The molecule has 1 atom stereocenters. The summed E-state index contributed by atoms with van der Waals surface area (Å²) in [4.78, 5) is 38.8. The lowest BCUT2D eigenvalue weighted by Gasteiger charge is -2.24. The highest BCUT2D eigenvalue weighted by molar-refractivity contribution is 6.15. The lowest BCUT2D eigenvalue weighted by molar-refractivity contribution is -0.131. The average Bonchev–Trinajstić information content (AvgIpc) is 3.38. The van der Waals surface area contributed by atoms with Crippen molar-refractivity contribution < 1.29 is 14.0 Å². The molecule has 1 aliphatic carbocycles. The van der Waals surface area contributed by atoms with Crippen LogP contribution in [0.2, 0.25) is 0 Å². The molecule has 2 aliphatic heterocycles.